The fraction of sp³-hybridized carbons (Fsp3) is 0.600. The summed E-state index contributed by atoms with van der Waals surface area (Å²) in [5.41, 5.74) is 1.34. The summed E-state index contributed by atoms with van der Waals surface area (Å²) in [6, 6.07) is 4.18. The van der Waals surface area contributed by atoms with Gasteiger partial charge in [-0.05, 0) is 26.7 Å². The Bertz CT molecular complexity index is 822. The minimum absolute atomic E-state index is 0.0741. The zero-order chi connectivity index (χ0) is 19.5. The first-order valence-corrected chi connectivity index (χ1v) is 10.2. The van der Waals surface area contributed by atoms with Crippen molar-refractivity contribution in [1.29, 1.82) is 0 Å². The van der Waals surface area contributed by atoms with E-state index in [1.165, 1.54) is 32.1 Å². The van der Waals surface area contributed by atoms with E-state index in [0.29, 0.717) is 30.6 Å². The molecule has 28 heavy (non-hydrogen) atoms. The Kier molecular flexibility index (Phi) is 5.45. The zero-order valence-corrected chi connectivity index (χ0v) is 16.6. The van der Waals surface area contributed by atoms with Gasteiger partial charge in [0.2, 0.25) is 5.95 Å². The maximum atomic E-state index is 12.5. The summed E-state index contributed by atoms with van der Waals surface area (Å²) in [6.07, 6.45) is 6.26. The molecule has 2 aromatic rings. The normalized spacial score (nSPS) is 18.4. The molecule has 0 bridgehead atoms. The number of aryl methyl sites for hydroxylation is 2. The molecule has 0 radical (unpaired) electrons. The van der Waals surface area contributed by atoms with Gasteiger partial charge in [0.05, 0.1) is 0 Å². The summed E-state index contributed by atoms with van der Waals surface area (Å²) in [6.45, 7) is 6.55. The van der Waals surface area contributed by atoms with Crippen LogP contribution in [0.3, 0.4) is 0 Å². The maximum absolute atomic E-state index is 12.5. The number of amides is 1. The highest BCUT2D eigenvalue weighted by molar-refractivity contribution is 5.92. The van der Waals surface area contributed by atoms with Crippen molar-refractivity contribution in [3.05, 3.63) is 29.3 Å². The van der Waals surface area contributed by atoms with Gasteiger partial charge < -0.3 is 19.6 Å². The summed E-state index contributed by atoms with van der Waals surface area (Å²) >= 11 is 0. The SMILES string of the molecule is Cc1cc(N2CCN(C(=O)c3cc(C)on3)CC2)nc(NC2CCCCC2)n1. The number of piperazine rings is 1. The molecule has 1 aliphatic carbocycles. The molecule has 0 unspecified atom stereocenters. The van der Waals surface area contributed by atoms with Gasteiger partial charge in [-0.3, -0.25) is 4.79 Å². The van der Waals surface area contributed by atoms with Gasteiger partial charge in [-0.15, -0.1) is 0 Å². The van der Waals surface area contributed by atoms with Crippen LogP contribution in [0.5, 0.6) is 0 Å². The van der Waals surface area contributed by atoms with Crippen molar-refractivity contribution in [2.24, 2.45) is 0 Å². The summed E-state index contributed by atoms with van der Waals surface area (Å²) in [5, 5.41) is 7.36. The van der Waals surface area contributed by atoms with Crippen LogP contribution in [0, 0.1) is 13.8 Å². The Labute approximate surface area is 165 Å². The Morgan fingerprint density at radius 1 is 1.07 bits per heavy atom. The Balaban J connectivity index is 1.39. The molecule has 8 heteroatoms. The van der Waals surface area contributed by atoms with Crippen LogP contribution >= 0.6 is 0 Å². The van der Waals surface area contributed by atoms with Crippen LogP contribution in [0.1, 0.15) is 54.0 Å². The molecule has 1 amide bonds. The minimum Gasteiger partial charge on any atom is -0.361 e. The molecule has 2 aliphatic rings. The van der Waals surface area contributed by atoms with Crippen LogP contribution in [0.2, 0.25) is 0 Å². The predicted octanol–water partition coefficient (Wildman–Crippen LogP) is 2.79. The second-order valence-electron chi connectivity index (χ2n) is 7.77. The predicted molar refractivity (Wildman–Crippen MR) is 107 cm³/mol. The third-order valence-corrected chi connectivity index (χ3v) is 5.52. The first kappa shape index (κ1) is 18.7. The fourth-order valence-electron chi connectivity index (χ4n) is 3.98. The number of carbonyl (C=O) groups excluding carboxylic acids is 1. The van der Waals surface area contributed by atoms with Gasteiger partial charge in [-0.2, -0.15) is 4.98 Å². The zero-order valence-electron chi connectivity index (χ0n) is 16.6. The molecule has 0 spiro atoms. The number of nitrogens with one attached hydrogen (secondary N) is 1. The van der Waals surface area contributed by atoms with Crippen molar-refractivity contribution >= 4 is 17.7 Å². The number of nitrogens with zero attached hydrogens (tertiary/aromatic N) is 5. The standard InChI is InChI=1S/C20H28N6O2/c1-14-12-18(23-20(21-14)22-16-6-4-3-5-7-16)25-8-10-26(11-9-25)19(27)17-13-15(2)28-24-17/h12-13,16H,3-11H2,1-2H3,(H,21,22,23). The van der Waals surface area contributed by atoms with Gasteiger partial charge in [0, 0.05) is 50.0 Å². The van der Waals surface area contributed by atoms with Crippen molar-refractivity contribution in [2.45, 2.75) is 52.0 Å². The summed E-state index contributed by atoms with van der Waals surface area (Å²) < 4.78 is 5.02. The highest BCUT2D eigenvalue weighted by atomic mass is 16.5. The molecule has 1 saturated heterocycles. The van der Waals surface area contributed by atoms with Crippen molar-refractivity contribution in [2.75, 3.05) is 36.4 Å². The van der Waals surface area contributed by atoms with E-state index in [-0.39, 0.29) is 5.91 Å². The summed E-state index contributed by atoms with van der Waals surface area (Å²) in [5.74, 6) is 2.22. The molecular weight excluding hydrogens is 356 g/mol. The third kappa shape index (κ3) is 4.26. The lowest BCUT2D eigenvalue weighted by molar-refractivity contribution is 0.0736. The van der Waals surface area contributed by atoms with Gasteiger partial charge in [-0.25, -0.2) is 4.98 Å². The molecule has 2 aromatic heterocycles. The maximum Gasteiger partial charge on any atom is 0.276 e. The number of aromatic nitrogens is 3. The van der Waals surface area contributed by atoms with E-state index in [9.17, 15) is 4.79 Å². The highest BCUT2D eigenvalue weighted by Gasteiger charge is 2.25. The minimum atomic E-state index is -0.0741. The van der Waals surface area contributed by atoms with Crippen LogP contribution in [0.15, 0.2) is 16.7 Å². The van der Waals surface area contributed by atoms with Gasteiger partial charge in [0.25, 0.3) is 5.91 Å². The first-order valence-electron chi connectivity index (χ1n) is 10.2. The smallest absolute Gasteiger partial charge is 0.276 e. The van der Waals surface area contributed by atoms with Crippen LogP contribution in [0.4, 0.5) is 11.8 Å². The summed E-state index contributed by atoms with van der Waals surface area (Å²) in [4.78, 5) is 25.9. The molecule has 1 N–H and O–H groups in total. The van der Waals surface area contributed by atoms with Crippen LogP contribution in [-0.4, -0.2) is 58.2 Å². The molecule has 2 fully saturated rings. The van der Waals surface area contributed by atoms with E-state index in [2.05, 4.69) is 20.4 Å². The van der Waals surface area contributed by atoms with E-state index >= 15 is 0 Å². The topological polar surface area (TPSA) is 87.4 Å². The van der Waals surface area contributed by atoms with Crippen molar-refractivity contribution < 1.29 is 9.32 Å². The van der Waals surface area contributed by atoms with Crippen LogP contribution < -0.4 is 10.2 Å². The molecule has 1 saturated carbocycles. The Morgan fingerprint density at radius 3 is 2.50 bits per heavy atom. The number of anilines is 2. The average molecular weight is 384 g/mol. The monoisotopic (exact) mass is 384 g/mol. The largest absolute Gasteiger partial charge is 0.361 e. The molecule has 0 atom stereocenters. The second kappa shape index (κ2) is 8.16. The molecule has 0 aromatic carbocycles. The Morgan fingerprint density at radius 2 is 1.82 bits per heavy atom. The number of carbonyl (C=O) groups is 1. The van der Waals surface area contributed by atoms with Gasteiger partial charge >= 0.3 is 0 Å². The second-order valence-corrected chi connectivity index (χ2v) is 7.77. The van der Waals surface area contributed by atoms with E-state index < -0.39 is 0 Å². The number of rotatable bonds is 4. The van der Waals surface area contributed by atoms with Gasteiger partial charge in [-0.1, -0.05) is 24.4 Å². The quantitative estimate of drug-likeness (QED) is 0.867. The molecule has 8 nitrogen and oxygen atoms in total. The van der Waals surface area contributed by atoms with Gasteiger partial charge in [0.1, 0.15) is 11.6 Å². The fourth-order valence-corrected chi connectivity index (χ4v) is 3.98. The third-order valence-electron chi connectivity index (χ3n) is 5.52. The lowest BCUT2D eigenvalue weighted by atomic mass is 9.96. The van der Waals surface area contributed by atoms with Crippen molar-refractivity contribution in [1.82, 2.24) is 20.0 Å². The van der Waals surface area contributed by atoms with Crippen LogP contribution in [-0.2, 0) is 0 Å². The van der Waals surface area contributed by atoms with Crippen molar-refractivity contribution in [3.63, 3.8) is 0 Å². The van der Waals surface area contributed by atoms with Gasteiger partial charge in [0.15, 0.2) is 5.69 Å². The van der Waals surface area contributed by atoms with E-state index in [4.69, 9.17) is 9.51 Å². The van der Waals surface area contributed by atoms with E-state index in [0.717, 1.165) is 30.5 Å². The summed E-state index contributed by atoms with van der Waals surface area (Å²) in [7, 11) is 0. The molecule has 150 valence electrons. The molecule has 1 aliphatic heterocycles. The number of hydrogen-bond donors (Lipinski definition) is 1. The Hall–Kier alpha value is -2.64. The van der Waals surface area contributed by atoms with E-state index in [1.54, 1.807) is 13.0 Å². The lowest BCUT2D eigenvalue weighted by Gasteiger charge is -2.35. The van der Waals surface area contributed by atoms with E-state index in [1.807, 2.05) is 17.9 Å². The molecule has 4 rings (SSSR count). The lowest BCUT2D eigenvalue weighted by Crippen LogP contribution is -2.49. The van der Waals surface area contributed by atoms with Crippen molar-refractivity contribution in [3.8, 4) is 0 Å². The first-order chi connectivity index (χ1) is 13.6. The molecular formula is C20H28N6O2. The highest BCUT2D eigenvalue weighted by Crippen LogP contribution is 2.22. The molecule has 3 heterocycles. The number of hydrogen-bond acceptors (Lipinski definition) is 7. The average Bonchev–Trinajstić information content (AvgIpc) is 3.14. The van der Waals surface area contributed by atoms with Crippen LogP contribution in [0.25, 0.3) is 0 Å².